The van der Waals surface area contributed by atoms with Crippen LogP contribution in [-0.4, -0.2) is 6.54 Å². The quantitative estimate of drug-likeness (QED) is 0.634. The summed E-state index contributed by atoms with van der Waals surface area (Å²) in [6.07, 6.45) is 4.60. The van der Waals surface area contributed by atoms with Crippen molar-refractivity contribution < 1.29 is 0 Å². The summed E-state index contributed by atoms with van der Waals surface area (Å²) < 4.78 is 0. The second-order valence-corrected chi connectivity index (χ2v) is 5.87. The van der Waals surface area contributed by atoms with E-state index in [1.807, 2.05) is 18.2 Å². The summed E-state index contributed by atoms with van der Waals surface area (Å²) in [5.41, 5.74) is 1.06. The van der Waals surface area contributed by atoms with Gasteiger partial charge in [-0.2, -0.15) is 0 Å². The fourth-order valence-electron chi connectivity index (χ4n) is 2.42. The fourth-order valence-corrected chi connectivity index (χ4v) is 3.08. The van der Waals surface area contributed by atoms with Crippen LogP contribution in [0.25, 0.3) is 0 Å². The normalized spacial score (nSPS) is 12.9. The molecule has 0 aliphatic rings. The van der Waals surface area contributed by atoms with Crippen molar-refractivity contribution in [3.05, 3.63) is 33.8 Å². The number of hydrogen-bond donors (Lipinski definition) is 1. The smallest absolute Gasteiger partial charge is 0.0468 e. The molecular formula is C16H25Cl2N. The van der Waals surface area contributed by atoms with Gasteiger partial charge in [0.15, 0.2) is 0 Å². The van der Waals surface area contributed by atoms with Crippen LogP contribution in [0.15, 0.2) is 18.2 Å². The molecule has 1 unspecified atom stereocenters. The average Bonchev–Trinajstić information content (AvgIpc) is 2.40. The Labute approximate surface area is 127 Å². The molecule has 0 saturated carbocycles. The van der Waals surface area contributed by atoms with Crippen molar-refractivity contribution in [1.29, 1.82) is 0 Å². The predicted molar refractivity (Wildman–Crippen MR) is 86.2 cm³/mol. The van der Waals surface area contributed by atoms with Gasteiger partial charge in [-0.15, -0.1) is 0 Å². The van der Waals surface area contributed by atoms with Crippen molar-refractivity contribution in [1.82, 2.24) is 5.32 Å². The zero-order valence-electron chi connectivity index (χ0n) is 12.2. The minimum atomic E-state index is 0.256. The molecule has 0 aromatic heterocycles. The third-order valence-electron chi connectivity index (χ3n) is 3.71. The number of nitrogens with one attached hydrogen (secondary N) is 1. The second kappa shape index (κ2) is 8.84. The molecule has 0 radical (unpaired) electrons. The summed E-state index contributed by atoms with van der Waals surface area (Å²) in [7, 11) is 0. The lowest BCUT2D eigenvalue weighted by molar-refractivity contribution is 0.371. The van der Waals surface area contributed by atoms with E-state index in [1.54, 1.807) is 0 Å². The van der Waals surface area contributed by atoms with Crippen molar-refractivity contribution in [3.8, 4) is 0 Å². The standard InChI is InChI=1S/C16H25Cl2N/c1-4-10-19-15(11-12(5-2)6-3)16-13(17)8-7-9-14(16)18/h7-9,12,15,19H,4-6,10-11H2,1-3H3. The van der Waals surface area contributed by atoms with Gasteiger partial charge >= 0.3 is 0 Å². The average molecular weight is 302 g/mol. The molecule has 0 aliphatic carbocycles. The molecule has 0 amide bonds. The Morgan fingerprint density at radius 2 is 1.63 bits per heavy atom. The highest BCUT2D eigenvalue weighted by molar-refractivity contribution is 6.36. The van der Waals surface area contributed by atoms with Gasteiger partial charge in [-0.25, -0.2) is 0 Å². The molecule has 0 aliphatic heterocycles. The van der Waals surface area contributed by atoms with E-state index in [1.165, 1.54) is 12.8 Å². The molecular weight excluding hydrogens is 277 g/mol. The van der Waals surface area contributed by atoms with E-state index < -0.39 is 0 Å². The summed E-state index contributed by atoms with van der Waals surface area (Å²) >= 11 is 12.7. The van der Waals surface area contributed by atoms with Crippen molar-refractivity contribution in [2.75, 3.05) is 6.54 Å². The van der Waals surface area contributed by atoms with Crippen molar-refractivity contribution in [2.45, 2.75) is 52.5 Å². The van der Waals surface area contributed by atoms with Gasteiger partial charge in [-0.1, -0.05) is 62.9 Å². The highest BCUT2D eigenvalue weighted by atomic mass is 35.5. The molecule has 1 rings (SSSR count). The van der Waals surface area contributed by atoms with Crippen LogP contribution < -0.4 is 5.32 Å². The molecule has 0 bridgehead atoms. The SMILES string of the molecule is CCCNC(CC(CC)CC)c1c(Cl)cccc1Cl. The molecule has 0 heterocycles. The summed E-state index contributed by atoms with van der Waals surface area (Å²) in [6, 6.07) is 6.01. The summed E-state index contributed by atoms with van der Waals surface area (Å²) in [5.74, 6) is 0.710. The lowest BCUT2D eigenvalue weighted by atomic mass is 9.91. The first-order chi connectivity index (χ1) is 9.13. The van der Waals surface area contributed by atoms with Crippen LogP contribution in [-0.2, 0) is 0 Å². The third-order valence-corrected chi connectivity index (χ3v) is 4.37. The van der Waals surface area contributed by atoms with Gasteiger partial charge < -0.3 is 5.32 Å². The highest BCUT2D eigenvalue weighted by Gasteiger charge is 2.20. The topological polar surface area (TPSA) is 12.0 Å². The minimum absolute atomic E-state index is 0.256. The van der Waals surface area contributed by atoms with Crippen LogP contribution in [0, 0.1) is 5.92 Å². The molecule has 0 saturated heterocycles. The van der Waals surface area contributed by atoms with Gasteiger partial charge in [0, 0.05) is 21.7 Å². The van der Waals surface area contributed by atoms with Crippen LogP contribution in [0.3, 0.4) is 0 Å². The Morgan fingerprint density at radius 3 is 2.11 bits per heavy atom. The van der Waals surface area contributed by atoms with E-state index in [4.69, 9.17) is 23.2 Å². The largest absolute Gasteiger partial charge is 0.310 e. The van der Waals surface area contributed by atoms with Crippen LogP contribution in [0.1, 0.15) is 58.1 Å². The van der Waals surface area contributed by atoms with Gasteiger partial charge in [-0.05, 0) is 37.4 Å². The molecule has 1 aromatic carbocycles. The van der Waals surface area contributed by atoms with E-state index in [0.29, 0.717) is 5.92 Å². The molecule has 1 atom stereocenters. The van der Waals surface area contributed by atoms with E-state index in [9.17, 15) is 0 Å². The number of rotatable bonds is 8. The maximum Gasteiger partial charge on any atom is 0.0468 e. The molecule has 0 fully saturated rings. The van der Waals surface area contributed by atoms with Gasteiger partial charge in [0.05, 0.1) is 0 Å². The summed E-state index contributed by atoms with van der Waals surface area (Å²) in [6.45, 7) is 7.67. The lowest BCUT2D eigenvalue weighted by Gasteiger charge is -2.25. The zero-order chi connectivity index (χ0) is 14.3. The first-order valence-corrected chi connectivity index (χ1v) is 8.06. The first kappa shape index (κ1) is 16.8. The molecule has 19 heavy (non-hydrogen) atoms. The fraction of sp³-hybridized carbons (Fsp3) is 0.625. The van der Waals surface area contributed by atoms with Gasteiger partial charge in [0.1, 0.15) is 0 Å². The Bertz CT molecular complexity index is 355. The van der Waals surface area contributed by atoms with E-state index >= 15 is 0 Å². The van der Waals surface area contributed by atoms with Crippen molar-refractivity contribution in [2.24, 2.45) is 5.92 Å². The predicted octanol–water partition coefficient (Wildman–Crippen LogP) is 5.86. The number of halogens is 2. The van der Waals surface area contributed by atoms with Crippen LogP contribution in [0.5, 0.6) is 0 Å². The number of hydrogen-bond acceptors (Lipinski definition) is 1. The Hall–Kier alpha value is -0.240. The minimum Gasteiger partial charge on any atom is -0.310 e. The molecule has 1 N–H and O–H groups in total. The van der Waals surface area contributed by atoms with Crippen LogP contribution >= 0.6 is 23.2 Å². The van der Waals surface area contributed by atoms with E-state index in [-0.39, 0.29) is 6.04 Å². The Kier molecular flexibility index (Phi) is 7.82. The Morgan fingerprint density at radius 1 is 1.05 bits per heavy atom. The molecule has 1 aromatic rings. The van der Waals surface area contributed by atoms with E-state index in [0.717, 1.165) is 35.0 Å². The lowest BCUT2D eigenvalue weighted by Crippen LogP contribution is -2.25. The molecule has 3 heteroatoms. The summed E-state index contributed by atoms with van der Waals surface area (Å²) in [4.78, 5) is 0. The Balaban J connectivity index is 2.95. The first-order valence-electron chi connectivity index (χ1n) is 7.31. The van der Waals surface area contributed by atoms with E-state index in [2.05, 4.69) is 26.1 Å². The van der Waals surface area contributed by atoms with Crippen LogP contribution in [0.2, 0.25) is 10.0 Å². The second-order valence-electron chi connectivity index (χ2n) is 5.06. The maximum atomic E-state index is 6.35. The van der Waals surface area contributed by atoms with Gasteiger partial charge in [-0.3, -0.25) is 0 Å². The number of benzene rings is 1. The van der Waals surface area contributed by atoms with Crippen LogP contribution in [0.4, 0.5) is 0 Å². The highest BCUT2D eigenvalue weighted by Crippen LogP contribution is 2.34. The molecule has 1 nitrogen and oxygen atoms in total. The summed E-state index contributed by atoms with van der Waals surface area (Å²) in [5, 5.41) is 5.14. The van der Waals surface area contributed by atoms with Gasteiger partial charge in [0.2, 0.25) is 0 Å². The monoisotopic (exact) mass is 301 g/mol. The third kappa shape index (κ3) is 4.98. The molecule has 108 valence electrons. The van der Waals surface area contributed by atoms with Gasteiger partial charge in [0.25, 0.3) is 0 Å². The van der Waals surface area contributed by atoms with Crippen molar-refractivity contribution in [3.63, 3.8) is 0 Å². The maximum absolute atomic E-state index is 6.35. The van der Waals surface area contributed by atoms with Crippen molar-refractivity contribution >= 4 is 23.2 Å². The molecule has 0 spiro atoms. The zero-order valence-corrected chi connectivity index (χ0v) is 13.7.